The van der Waals surface area contributed by atoms with Gasteiger partial charge in [0.15, 0.2) is 18.9 Å². The molecule has 182 valence electrons. The van der Waals surface area contributed by atoms with Crippen molar-refractivity contribution < 1.29 is 9.05 Å². The first-order valence-corrected chi connectivity index (χ1v) is 13.5. The van der Waals surface area contributed by atoms with Gasteiger partial charge in [0.25, 0.3) is 0 Å². The summed E-state index contributed by atoms with van der Waals surface area (Å²) in [6.07, 6.45) is 15.1. The normalized spacial score (nSPS) is 11.9. The molecule has 2 aromatic rings. The lowest BCUT2D eigenvalue weighted by Gasteiger charge is -2.35. The van der Waals surface area contributed by atoms with Crippen LogP contribution < -0.4 is 9.47 Å². The highest BCUT2D eigenvalue weighted by atomic mass is 15.3. The van der Waals surface area contributed by atoms with Crippen molar-refractivity contribution in [2.45, 2.75) is 73.3 Å². The van der Waals surface area contributed by atoms with E-state index < -0.39 is 0 Å². The van der Waals surface area contributed by atoms with E-state index in [4.69, 9.17) is 0 Å². The van der Waals surface area contributed by atoms with Gasteiger partial charge in [-0.3, -0.25) is 0 Å². The molecule has 33 heavy (non-hydrogen) atoms. The number of hydrogen-bond donors (Lipinski definition) is 0. The second-order valence-corrected chi connectivity index (χ2v) is 9.36. The van der Waals surface area contributed by atoms with Crippen LogP contribution >= 0.6 is 0 Å². The van der Waals surface area contributed by atoms with Crippen molar-refractivity contribution in [2.75, 3.05) is 44.2 Å². The number of unbranched alkanes of at least 4 members (excludes halogenated alkanes) is 2. The van der Waals surface area contributed by atoms with Gasteiger partial charge in [-0.15, -0.1) is 0 Å². The maximum absolute atomic E-state index is 2.54. The summed E-state index contributed by atoms with van der Waals surface area (Å²) in [7, 11) is 0. The summed E-state index contributed by atoms with van der Waals surface area (Å²) >= 11 is 0. The first-order chi connectivity index (χ1) is 16.1. The molecule has 3 nitrogen and oxygen atoms in total. The van der Waals surface area contributed by atoms with E-state index in [2.05, 4.69) is 105 Å². The van der Waals surface area contributed by atoms with Gasteiger partial charge in [0.1, 0.15) is 0 Å². The van der Waals surface area contributed by atoms with E-state index in [0.717, 1.165) is 19.6 Å². The molecule has 0 spiro atoms. The SMILES string of the molecule is CCCCN(CCCC)c1ccc(C=Cc2cc[n+](CCC[N+](CC)(CC)CC)cc2)cc1. The van der Waals surface area contributed by atoms with Gasteiger partial charge in [0, 0.05) is 30.9 Å². The Morgan fingerprint density at radius 3 is 1.70 bits per heavy atom. The maximum Gasteiger partial charge on any atom is 0.169 e. The number of pyridine rings is 1. The van der Waals surface area contributed by atoms with E-state index in [1.165, 1.54) is 79.6 Å². The molecule has 1 heterocycles. The molecular weight excluding hydrogens is 402 g/mol. The van der Waals surface area contributed by atoms with E-state index in [-0.39, 0.29) is 0 Å². The number of hydrogen-bond acceptors (Lipinski definition) is 1. The zero-order chi connectivity index (χ0) is 23.9. The Labute approximate surface area is 204 Å². The molecule has 0 saturated heterocycles. The zero-order valence-corrected chi connectivity index (χ0v) is 22.1. The van der Waals surface area contributed by atoms with Crippen LogP contribution in [0.3, 0.4) is 0 Å². The molecule has 0 amide bonds. The van der Waals surface area contributed by atoms with Crippen LogP contribution in [0.15, 0.2) is 48.8 Å². The van der Waals surface area contributed by atoms with E-state index in [0.29, 0.717) is 0 Å². The van der Waals surface area contributed by atoms with E-state index in [1.807, 2.05) is 0 Å². The minimum Gasteiger partial charge on any atom is -0.372 e. The Morgan fingerprint density at radius 1 is 0.697 bits per heavy atom. The van der Waals surface area contributed by atoms with Crippen LogP contribution in [0.1, 0.15) is 77.8 Å². The lowest BCUT2D eigenvalue weighted by molar-refractivity contribution is -0.925. The van der Waals surface area contributed by atoms with Crippen LogP contribution in [-0.4, -0.2) is 43.8 Å². The van der Waals surface area contributed by atoms with Gasteiger partial charge in [0.2, 0.25) is 0 Å². The monoisotopic (exact) mass is 451 g/mol. The number of nitrogens with zero attached hydrogens (tertiary/aromatic N) is 3. The smallest absolute Gasteiger partial charge is 0.169 e. The number of aromatic nitrogens is 1. The third-order valence-electron chi connectivity index (χ3n) is 7.27. The molecule has 0 N–H and O–H groups in total. The molecule has 1 aromatic carbocycles. The predicted molar refractivity (Wildman–Crippen MR) is 145 cm³/mol. The zero-order valence-electron chi connectivity index (χ0n) is 22.1. The molecule has 0 aliphatic heterocycles. The largest absolute Gasteiger partial charge is 0.372 e. The summed E-state index contributed by atoms with van der Waals surface area (Å²) in [5.41, 5.74) is 3.87. The van der Waals surface area contributed by atoms with E-state index in [1.54, 1.807) is 0 Å². The van der Waals surface area contributed by atoms with Crippen molar-refractivity contribution in [1.29, 1.82) is 0 Å². The van der Waals surface area contributed by atoms with E-state index >= 15 is 0 Å². The fourth-order valence-corrected chi connectivity index (χ4v) is 4.52. The average Bonchev–Trinajstić information content (AvgIpc) is 2.87. The summed E-state index contributed by atoms with van der Waals surface area (Å²) in [5.74, 6) is 0. The number of aryl methyl sites for hydroxylation is 1. The molecular formula is C30H49N3+2. The Bertz CT molecular complexity index is 772. The van der Waals surface area contributed by atoms with Crippen LogP contribution in [0.2, 0.25) is 0 Å². The van der Waals surface area contributed by atoms with Crippen molar-refractivity contribution in [3.05, 3.63) is 59.9 Å². The van der Waals surface area contributed by atoms with Crippen molar-refractivity contribution in [3.8, 4) is 0 Å². The van der Waals surface area contributed by atoms with Crippen LogP contribution in [0, 0.1) is 0 Å². The number of rotatable bonds is 16. The molecule has 2 rings (SSSR count). The fourth-order valence-electron chi connectivity index (χ4n) is 4.52. The van der Waals surface area contributed by atoms with Crippen molar-refractivity contribution in [2.24, 2.45) is 0 Å². The standard InChI is InChI=1S/C30H49N3/c1-6-11-23-32(24-12-7-2)30-18-16-28(17-19-30)14-15-29-20-25-31(26-21-29)22-13-27-33(8-3,9-4)10-5/h14-21,25-26H,6-13,22-24,27H2,1-5H3/q+2. The topological polar surface area (TPSA) is 7.12 Å². The molecule has 3 heteroatoms. The van der Waals surface area contributed by atoms with Gasteiger partial charge in [-0.25, -0.2) is 4.57 Å². The molecule has 0 saturated carbocycles. The average molecular weight is 452 g/mol. The molecule has 0 aliphatic carbocycles. The molecule has 0 aliphatic rings. The summed E-state index contributed by atoms with van der Waals surface area (Å²) in [6.45, 7) is 19.9. The lowest BCUT2D eigenvalue weighted by atomic mass is 10.1. The minimum atomic E-state index is 1.10. The van der Waals surface area contributed by atoms with Gasteiger partial charge >= 0.3 is 0 Å². The third-order valence-corrected chi connectivity index (χ3v) is 7.27. The van der Waals surface area contributed by atoms with Gasteiger partial charge in [0.05, 0.1) is 32.6 Å². The minimum absolute atomic E-state index is 1.10. The molecule has 0 unspecified atom stereocenters. The maximum atomic E-state index is 2.54. The quantitative estimate of drug-likeness (QED) is 0.201. The van der Waals surface area contributed by atoms with Crippen LogP contribution in [0.4, 0.5) is 5.69 Å². The van der Waals surface area contributed by atoms with Crippen LogP contribution in [0.25, 0.3) is 12.2 Å². The molecule has 0 fully saturated rings. The summed E-state index contributed by atoms with van der Waals surface area (Å²) in [5, 5.41) is 0. The Balaban J connectivity index is 1.91. The number of benzene rings is 1. The molecule has 0 bridgehead atoms. The Kier molecular flexibility index (Phi) is 12.2. The second-order valence-electron chi connectivity index (χ2n) is 9.36. The first-order valence-electron chi connectivity index (χ1n) is 13.5. The molecule has 0 radical (unpaired) electrons. The lowest BCUT2D eigenvalue weighted by Crippen LogP contribution is -2.49. The van der Waals surface area contributed by atoms with Gasteiger partial charge in [-0.2, -0.15) is 0 Å². The highest BCUT2D eigenvalue weighted by Crippen LogP contribution is 2.18. The van der Waals surface area contributed by atoms with Crippen molar-refractivity contribution >= 4 is 17.8 Å². The number of anilines is 1. The molecule has 1 aromatic heterocycles. The van der Waals surface area contributed by atoms with Crippen molar-refractivity contribution in [3.63, 3.8) is 0 Å². The van der Waals surface area contributed by atoms with E-state index in [9.17, 15) is 0 Å². The fraction of sp³-hybridized carbons (Fsp3) is 0.567. The summed E-state index contributed by atoms with van der Waals surface area (Å²) in [6, 6.07) is 13.5. The summed E-state index contributed by atoms with van der Waals surface area (Å²) in [4.78, 5) is 2.54. The van der Waals surface area contributed by atoms with Crippen LogP contribution in [-0.2, 0) is 6.54 Å². The summed E-state index contributed by atoms with van der Waals surface area (Å²) < 4.78 is 3.55. The Hall–Kier alpha value is -2.13. The van der Waals surface area contributed by atoms with Crippen molar-refractivity contribution in [1.82, 2.24) is 0 Å². The second kappa shape index (κ2) is 14.9. The van der Waals surface area contributed by atoms with Gasteiger partial charge in [-0.05, 0) is 56.9 Å². The van der Waals surface area contributed by atoms with Crippen LogP contribution in [0.5, 0.6) is 0 Å². The van der Waals surface area contributed by atoms with Gasteiger partial charge in [-0.1, -0.05) is 51.0 Å². The Morgan fingerprint density at radius 2 is 1.21 bits per heavy atom. The predicted octanol–water partition coefficient (Wildman–Crippen LogP) is 6.82. The molecule has 0 atom stereocenters. The first kappa shape index (κ1) is 27.1. The third kappa shape index (κ3) is 8.97. The highest BCUT2D eigenvalue weighted by Gasteiger charge is 2.20. The van der Waals surface area contributed by atoms with Gasteiger partial charge < -0.3 is 9.38 Å². The highest BCUT2D eigenvalue weighted by molar-refractivity contribution is 5.70. The number of quaternary nitrogens is 1.